The van der Waals surface area contributed by atoms with Gasteiger partial charge in [0.15, 0.2) is 11.5 Å². The first kappa shape index (κ1) is 27.0. The Morgan fingerprint density at radius 3 is 2.60 bits per heavy atom. The van der Waals surface area contributed by atoms with Crippen molar-refractivity contribution in [1.29, 1.82) is 0 Å². The molecule has 0 saturated carbocycles. The molecule has 0 saturated heterocycles. The Morgan fingerprint density at radius 2 is 1.72 bits per heavy atom. The van der Waals surface area contributed by atoms with Gasteiger partial charge in [0.1, 0.15) is 6.61 Å². The smallest absolute Gasteiger partial charge is 0.161 e. The van der Waals surface area contributed by atoms with Crippen molar-refractivity contribution < 1.29 is 9.47 Å². The second kappa shape index (κ2) is 11.8. The van der Waals surface area contributed by atoms with Gasteiger partial charge in [-0.1, -0.05) is 84.4 Å². The minimum absolute atomic E-state index is 0.281. The van der Waals surface area contributed by atoms with Crippen molar-refractivity contribution in [3.63, 3.8) is 0 Å². The van der Waals surface area contributed by atoms with E-state index in [9.17, 15) is 0 Å². The summed E-state index contributed by atoms with van der Waals surface area (Å²) in [7, 11) is 0. The number of hydrogen-bond donors (Lipinski definition) is 1. The number of hydrogen-bond acceptors (Lipinski definition) is 4. The van der Waals surface area contributed by atoms with E-state index in [2.05, 4.69) is 109 Å². The van der Waals surface area contributed by atoms with Crippen molar-refractivity contribution in [2.75, 3.05) is 11.9 Å². The highest BCUT2D eigenvalue weighted by Gasteiger charge is 2.37. The Hall–Kier alpha value is -4.83. The number of aryl methyl sites for hydroxylation is 1. The van der Waals surface area contributed by atoms with Crippen LogP contribution in [0, 0.1) is 12.8 Å². The Kier molecular flexibility index (Phi) is 7.42. The van der Waals surface area contributed by atoms with E-state index in [0.717, 1.165) is 34.7 Å². The predicted octanol–water partition coefficient (Wildman–Crippen LogP) is 9.70. The zero-order chi connectivity index (χ0) is 29.2. The molecule has 3 atom stereocenters. The van der Waals surface area contributed by atoms with E-state index in [1.165, 1.54) is 33.2 Å². The molecule has 5 aromatic rings. The SMILES string of the molecule is CCOc1cc(C=Nc2ccc([C@@H]3Nc4ccc(C)cc4[C@H]4C=CC[C@H]43)cc2)ccc1OCc1cccc2ccccc12. The van der Waals surface area contributed by atoms with Crippen LogP contribution in [-0.2, 0) is 6.61 Å². The molecule has 1 N–H and O–H groups in total. The molecular weight excluding hydrogens is 528 g/mol. The molecule has 4 nitrogen and oxygen atoms in total. The lowest BCUT2D eigenvalue weighted by Crippen LogP contribution is -2.29. The molecule has 7 rings (SSSR count). The van der Waals surface area contributed by atoms with Crippen molar-refractivity contribution in [3.05, 3.63) is 143 Å². The van der Waals surface area contributed by atoms with E-state index in [-0.39, 0.29) is 6.04 Å². The topological polar surface area (TPSA) is 42.8 Å². The van der Waals surface area contributed by atoms with Crippen LogP contribution in [0.25, 0.3) is 10.8 Å². The molecule has 4 heteroatoms. The summed E-state index contributed by atoms with van der Waals surface area (Å²) in [4.78, 5) is 4.78. The molecule has 1 aliphatic carbocycles. The number of ether oxygens (including phenoxy) is 2. The summed E-state index contributed by atoms with van der Waals surface area (Å²) in [5, 5.41) is 6.25. The van der Waals surface area contributed by atoms with Crippen LogP contribution in [0.2, 0.25) is 0 Å². The maximum absolute atomic E-state index is 6.25. The van der Waals surface area contributed by atoms with E-state index in [0.29, 0.717) is 25.0 Å². The molecule has 2 aliphatic rings. The van der Waals surface area contributed by atoms with Gasteiger partial charge in [-0.15, -0.1) is 0 Å². The first-order valence-corrected chi connectivity index (χ1v) is 15.2. The number of allylic oxidation sites excluding steroid dienone is 2. The number of aliphatic imine (C=N–C) groups is 1. The average molecular weight is 565 g/mol. The molecule has 0 aromatic heterocycles. The summed E-state index contributed by atoms with van der Waals surface area (Å²) in [5.74, 6) is 2.45. The molecule has 1 heterocycles. The highest BCUT2D eigenvalue weighted by atomic mass is 16.5. The van der Waals surface area contributed by atoms with E-state index in [1.807, 2.05) is 31.3 Å². The first-order chi connectivity index (χ1) is 21.2. The molecule has 0 amide bonds. The highest BCUT2D eigenvalue weighted by molar-refractivity contribution is 5.85. The van der Waals surface area contributed by atoms with Crippen LogP contribution in [-0.4, -0.2) is 12.8 Å². The Labute approximate surface area is 253 Å². The minimum Gasteiger partial charge on any atom is -0.490 e. The normalized spacial score (nSPS) is 18.8. The molecule has 0 radical (unpaired) electrons. The third-order valence-corrected chi connectivity index (χ3v) is 8.66. The Balaban J connectivity index is 1.06. The molecule has 43 heavy (non-hydrogen) atoms. The molecular formula is C39H36N2O2. The van der Waals surface area contributed by atoms with Crippen molar-refractivity contribution in [1.82, 2.24) is 0 Å². The van der Waals surface area contributed by atoms with Gasteiger partial charge in [-0.25, -0.2) is 0 Å². The summed E-state index contributed by atoms with van der Waals surface area (Å²) >= 11 is 0. The lowest BCUT2D eigenvalue weighted by Gasteiger charge is -2.37. The summed E-state index contributed by atoms with van der Waals surface area (Å²) in [6.07, 6.45) is 7.72. The van der Waals surface area contributed by atoms with E-state index in [4.69, 9.17) is 14.5 Å². The van der Waals surface area contributed by atoms with Crippen LogP contribution in [0.15, 0.2) is 120 Å². The van der Waals surface area contributed by atoms with E-state index < -0.39 is 0 Å². The zero-order valence-corrected chi connectivity index (χ0v) is 24.7. The molecule has 0 bridgehead atoms. The number of fused-ring (bicyclic) bond motifs is 4. The molecule has 214 valence electrons. The van der Waals surface area contributed by atoms with Crippen molar-refractivity contribution >= 4 is 28.4 Å². The minimum atomic E-state index is 0.281. The lowest BCUT2D eigenvalue weighted by molar-refractivity contribution is 0.270. The van der Waals surface area contributed by atoms with Crippen LogP contribution in [0.3, 0.4) is 0 Å². The van der Waals surface area contributed by atoms with Crippen LogP contribution < -0.4 is 14.8 Å². The lowest BCUT2D eigenvalue weighted by atomic mass is 9.76. The van der Waals surface area contributed by atoms with Gasteiger partial charge < -0.3 is 14.8 Å². The van der Waals surface area contributed by atoms with Gasteiger partial charge in [0.25, 0.3) is 0 Å². The Morgan fingerprint density at radius 1 is 0.860 bits per heavy atom. The van der Waals surface area contributed by atoms with Crippen molar-refractivity contribution in [3.8, 4) is 11.5 Å². The Bertz CT molecular complexity index is 1820. The quantitative estimate of drug-likeness (QED) is 0.151. The van der Waals surface area contributed by atoms with Crippen LogP contribution in [0.1, 0.15) is 53.1 Å². The van der Waals surface area contributed by atoms with Crippen molar-refractivity contribution in [2.24, 2.45) is 10.9 Å². The summed E-state index contributed by atoms with van der Waals surface area (Å²) < 4.78 is 12.2. The van der Waals surface area contributed by atoms with Gasteiger partial charge in [-0.2, -0.15) is 0 Å². The van der Waals surface area contributed by atoms with Crippen LogP contribution >= 0.6 is 0 Å². The predicted molar refractivity (Wildman–Crippen MR) is 177 cm³/mol. The molecule has 0 spiro atoms. The standard InChI is InChI=1S/C39H36N2O2/c1-3-42-38-23-27(15-21-37(38)43-25-30-10-6-9-28-8-4-5-11-32(28)30)24-40-31-18-16-29(17-19-31)39-34-13-7-12-33(34)35-22-26(2)14-20-36(35)41-39/h4-12,14-24,33-34,39,41H,3,13,25H2,1-2H3/t33-,34+,39-/m0/s1. The number of nitrogens with zero attached hydrogens (tertiary/aromatic N) is 1. The summed E-state index contributed by atoms with van der Waals surface area (Å²) in [5.41, 5.74) is 8.33. The number of anilines is 1. The number of nitrogens with one attached hydrogen (secondary N) is 1. The summed E-state index contributed by atoms with van der Waals surface area (Å²) in [6, 6.07) is 36.4. The van der Waals surface area contributed by atoms with Crippen LogP contribution in [0.5, 0.6) is 11.5 Å². The van der Waals surface area contributed by atoms with Gasteiger partial charge in [-0.3, -0.25) is 4.99 Å². The van der Waals surface area contributed by atoms with Crippen LogP contribution in [0.4, 0.5) is 11.4 Å². The monoisotopic (exact) mass is 564 g/mol. The molecule has 5 aromatic carbocycles. The van der Waals surface area contributed by atoms with Gasteiger partial charge >= 0.3 is 0 Å². The third kappa shape index (κ3) is 5.53. The zero-order valence-electron chi connectivity index (χ0n) is 24.7. The van der Waals surface area contributed by atoms with E-state index >= 15 is 0 Å². The van der Waals surface area contributed by atoms with Gasteiger partial charge in [0.2, 0.25) is 0 Å². The second-order valence-corrected chi connectivity index (χ2v) is 11.5. The first-order valence-electron chi connectivity index (χ1n) is 15.2. The third-order valence-electron chi connectivity index (χ3n) is 8.66. The van der Waals surface area contributed by atoms with Gasteiger partial charge in [0, 0.05) is 17.8 Å². The number of benzene rings is 5. The molecule has 0 unspecified atom stereocenters. The van der Waals surface area contributed by atoms with E-state index in [1.54, 1.807) is 0 Å². The van der Waals surface area contributed by atoms with Gasteiger partial charge in [0.05, 0.1) is 18.3 Å². The molecule has 1 aliphatic heterocycles. The number of rotatable bonds is 8. The maximum Gasteiger partial charge on any atom is 0.161 e. The van der Waals surface area contributed by atoms with Crippen molar-refractivity contribution in [2.45, 2.75) is 38.8 Å². The fourth-order valence-electron chi connectivity index (χ4n) is 6.53. The fourth-order valence-corrected chi connectivity index (χ4v) is 6.53. The van der Waals surface area contributed by atoms with Gasteiger partial charge in [-0.05, 0) is 95.6 Å². The fraction of sp³-hybridized carbons (Fsp3) is 0.205. The second-order valence-electron chi connectivity index (χ2n) is 11.5. The highest BCUT2D eigenvalue weighted by Crippen LogP contribution is 2.50. The average Bonchev–Trinajstić information content (AvgIpc) is 3.54. The molecule has 0 fully saturated rings. The largest absolute Gasteiger partial charge is 0.490 e. The summed E-state index contributed by atoms with van der Waals surface area (Å²) in [6.45, 7) is 5.19. The maximum atomic E-state index is 6.25.